The monoisotopic (exact) mass is 154 g/mol. The van der Waals surface area contributed by atoms with Gasteiger partial charge in [0.2, 0.25) is 0 Å². The summed E-state index contributed by atoms with van der Waals surface area (Å²) in [6.07, 6.45) is 2.69. The molecule has 0 aromatic rings. The minimum atomic E-state index is 0.216. The number of fused-ring (bicyclic) bond motifs is 2. The van der Waals surface area contributed by atoms with Crippen molar-refractivity contribution in [3.8, 4) is 0 Å². The predicted octanol–water partition coefficient (Wildman–Crippen LogP) is 2.02. The van der Waals surface area contributed by atoms with Crippen LogP contribution in [0.2, 0.25) is 0 Å². The van der Waals surface area contributed by atoms with Gasteiger partial charge in [-0.3, -0.25) is 0 Å². The van der Waals surface area contributed by atoms with Gasteiger partial charge in [0.05, 0.1) is 18.0 Å². The molecule has 0 spiro atoms. The number of rotatable bonds is 0. The van der Waals surface area contributed by atoms with Crippen LogP contribution < -0.4 is 0 Å². The maximum absolute atomic E-state index is 9.63. The fraction of sp³-hybridized carbons (Fsp3) is 0.778. The van der Waals surface area contributed by atoms with E-state index in [2.05, 4.69) is 0 Å². The van der Waals surface area contributed by atoms with Crippen LogP contribution in [0.5, 0.6) is 0 Å². The molecule has 2 aliphatic heterocycles. The van der Waals surface area contributed by atoms with Gasteiger partial charge in [0, 0.05) is 5.92 Å². The molecule has 0 aromatic carbocycles. The Morgan fingerprint density at radius 1 is 1.45 bits per heavy atom. The molecule has 2 heterocycles. The highest BCUT2D eigenvalue weighted by molar-refractivity contribution is 5.19. The van der Waals surface area contributed by atoms with Crippen molar-refractivity contribution >= 4 is 0 Å². The summed E-state index contributed by atoms with van der Waals surface area (Å²) in [7, 11) is 0. The van der Waals surface area contributed by atoms with Gasteiger partial charge >= 0.3 is 0 Å². The molecule has 2 aliphatic rings. The van der Waals surface area contributed by atoms with Gasteiger partial charge in [-0.1, -0.05) is 6.92 Å². The lowest BCUT2D eigenvalue weighted by atomic mass is 9.98. The minimum Gasteiger partial charge on any atom is -0.512 e. The van der Waals surface area contributed by atoms with E-state index in [1.807, 2.05) is 13.8 Å². The lowest BCUT2D eigenvalue weighted by Crippen LogP contribution is -2.27. The zero-order chi connectivity index (χ0) is 8.01. The molecule has 3 atom stereocenters. The maximum Gasteiger partial charge on any atom is 0.0991 e. The predicted molar refractivity (Wildman–Crippen MR) is 42.4 cm³/mol. The molecule has 0 saturated carbocycles. The molecule has 0 radical (unpaired) electrons. The zero-order valence-electron chi connectivity index (χ0n) is 7.00. The van der Waals surface area contributed by atoms with Crippen molar-refractivity contribution in [2.24, 2.45) is 5.92 Å². The highest BCUT2D eigenvalue weighted by Gasteiger charge is 2.38. The van der Waals surface area contributed by atoms with Crippen LogP contribution in [-0.4, -0.2) is 17.3 Å². The smallest absolute Gasteiger partial charge is 0.0991 e. The first-order valence-corrected chi connectivity index (χ1v) is 4.25. The number of ether oxygens (including phenoxy) is 1. The largest absolute Gasteiger partial charge is 0.512 e. The Labute approximate surface area is 66.9 Å². The second-order valence-corrected chi connectivity index (χ2v) is 3.60. The van der Waals surface area contributed by atoms with Crippen LogP contribution in [0.3, 0.4) is 0 Å². The second-order valence-electron chi connectivity index (χ2n) is 3.60. The summed E-state index contributed by atoms with van der Waals surface area (Å²) in [5.41, 5.74) is 1.05. The van der Waals surface area contributed by atoms with Gasteiger partial charge in [-0.2, -0.15) is 0 Å². The van der Waals surface area contributed by atoms with Crippen LogP contribution in [-0.2, 0) is 4.74 Å². The quantitative estimate of drug-likeness (QED) is 0.578. The topological polar surface area (TPSA) is 29.5 Å². The Bertz CT molecular complexity index is 204. The Kier molecular flexibility index (Phi) is 1.46. The average molecular weight is 154 g/mol. The van der Waals surface area contributed by atoms with Crippen LogP contribution in [0.25, 0.3) is 0 Å². The molecule has 0 aromatic heterocycles. The highest BCUT2D eigenvalue weighted by atomic mass is 16.5. The van der Waals surface area contributed by atoms with Crippen molar-refractivity contribution in [2.75, 3.05) is 0 Å². The number of aliphatic hydroxyl groups is 1. The third kappa shape index (κ3) is 0.890. The maximum atomic E-state index is 9.63. The number of hydrogen-bond donors (Lipinski definition) is 1. The molecule has 0 aliphatic carbocycles. The summed E-state index contributed by atoms with van der Waals surface area (Å²) in [4.78, 5) is 0. The van der Waals surface area contributed by atoms with E-state index in [9.17, 15) is 5.11 Å². The summed E-state index contributed by atoms with van der Waals surface area (Å²) in [5, 5.41) is 9.63. The average Bonchev–Trinajstić information content (AvgIpc) is 2.44. The SMILES string of the molecule is CC1=C(O)[C@H](C)[C@@H]2CC[C@H]1O2. The van der Waals surface area contributed by atoms with E-state index in [4.69, 9.17) is 4.74 Å². The van der Waals surface area contributed by atoms with Gasteiger partial charge in [0.1, 0.15) is 0 Å². The number of aliphatic hydroxyl groups excluding tert-OH is 1. The van der Waals surface area contributed by atoms with Crippen molar-refractivity contribution in [1.29, 1.82) is 0 Å². The summed E-state index contributed by atoms with van der Waals surface area (Å²) in [6, 6.07) is 0. The summed E-state index contributed by atoms with van der Waals surface area (Å²) >= 11 is 0. The van der Waals surface area contributed by atoms with Crippen molar-refractivity contribution in [3.05, 3.63) is 11.3 Å². The lowest BCUT2D eigenvalue weighted by molar-refractivity contribution is 0.00862. The molecule has 1 saturated heterocycles. The van der Waals surface area contributed by atoms with E-state index < -0.39 is 0 Å². The first-order valence-electron chi connectivity index (χ1n) is 4.25. The third-order valence-electron chi connectivity index (χ3n) is 2.93. The Morgan fingerprint density at radius 2 is 2.18 bits per heavy atom. The highest BCUT2D eigenvalue weighted by Crippen LogP contribution is 2.38. The Hall–Kier alpha value is -0.500. The van der Waals surface area contributed by atoms with Crippen LogP contribution in [0.15, 0.2) is 11.3 Å². The Balaban J connectivity index is 2.34. The van der Waals surface area contributed by atoms with Crippen LogP contribution >= 0.6 is 0 Å². The van der Waals surface area contributed by atoms with E-state index in [0.29, 0.717) is 5.76 Å². The standard InChI is InChI=1S/C9H14O2/c1-5-7-3-4-8(11-7)6(2)9(5)10/h5,7-8,10H,3-4H2,1-2H3/t5-,7+,8-/m1/s1. The van der Waals surface area contributed by atoms with E-state index in [1.54, 1.807) is 0 Å². The van der Waals surface area contributed by atoms with Gasteiger partial charge in [0.15, 0.2) is 0 Å². The van der Waals surface area contributed by atoms with Gasteiger partial charge in [0.25, 0.3) is 0 Å². The van der Waals surface area contributed by atoms with Crippen LogP contribution in [0, 0.1) is 5.92 Å². The molecule has 0 amide bonds. The van der Waals surface area contributed by atoms with Crippen molar-refractivity contribution in [1.82, 2.24) is 0 Å². The van der Waals surface area contributed by atoms with Gasteiger partial charge in [-0.15, -0.1) is 0 Å². The van der Waals surface area contributed by atoms with Crippen LogP contribution in [0.1, 0.15) is 26.7 Å². The van der Waals surface area contributed by atoms with Crippen LogP contribution in [0.4, 0.5) is 0 Å². The molecular weight excluding hydrogens is 140 g/mol. The van der Waals surface area contributed by atoms with Gasteiger partial charge < -0.3 is 9.84 Å². The molecular formula is C9H14O2. The van der Waals surface area contributed by atoms with Gasteiger partial charge in [-0.25, -0.2) is 0 Å². The Morgan fingerprint density at radius 3 is 2.91 bits per heavy atom. The fourth-order valence-electron chi connectivity index (χ4n) is 2.05. The number of hydrogen-bond acceptors (Lipinski definition) is 2. The fourth-order valence-corrected chi connectivity index (χ4v) is 2.05. The molecule has 2 bridgehead atoms. The first-order chi connectivity index (χ1) is 5.20. The van der Waals surface area contributed by atoms with Crippen molar-refractivity contribution in [3.63, 3.8) is 0 Å². The first kappa shape index (κ1) is 7.17. The normalized spacial score (nSPS) is 43.3. The lowest BCUT2D eigenvalue weighted by Gasteiger charge is -2.27. The molecule has 2 rings (SSSR count). The minimum absolute atomic E-state index is 0.216. The molecule has 2 heteroatoms. The zero-order valence-corrected chi connectivity index (χ0v) is 7.00. The molecule has 1 N–H and O–H groups in total. The second kappa shape index (κ2) is 2.24. The van der Waals surface area contributed by atoms with E-state index in [1.165, 1.54) is 0 Å². The van der Waals surface area contributed by atoms with E-state index in [-0.39, 0.29) is 18.1 Å². The molecule has 0 unspecified atom stereocenters. The summed E-state index contributed by atoms with van der Waals surface area (Å²) in [6.45, 7) is 4.00. The van der Waals surface area contributed by atoms with Gasteiger partial charge in [-0.05, 0) is 25.3 Å². The molecule has 2 nitrogen and oxygen atoms in total. The van der Waals surface area contributed by atoms with E-state index >= 15 is 0 Å². The summed E-state index contributed by atoms with van der Waals surface area (Å²) < 4.78 is 5.67. The van der Waals surface area contributed by atoms with E-state index in [0.717, 1.165) is 18.4 Å². The summed E-state index contributed by atoms with van der Waals surface area (Å²) in [5.74, 6) is 0.789. The molecule has 11 heavy (non-hydrogen) atoms. The molecule has 1 fully saturated rings. The molecule has 62 valence electrons. The van der Waals surface area contributed by atoms with Crippen molar-refractivity contribution in [2.45, 2.75) is 38.9 Å². The third-order valence-corrected chi connectivity index (χ3v) is 2.93. The van der Waals surface area contributed by atoms with Crippen molar-refractivity contribution < 1.29 is 9.84 Å².